The van der Waals surface area contributed by atoms with E-state index in [0.717, 1.165) is 21.5 Å². The van der Waals surface area contributed by atoms with Crippen LogP contribution in [0.15, 0.2) is 52.1 Å². The molecule has 0 spiro atoms. The Bertz CT molecular complexity index is 1090. The normalized spacial score (nSPS) is 12.0. The number of methoxy groups -OCH3 is 1. The van der Waals surface area contributed by atoms with Crippen molar-refractivity contribution in [2.45, 2.75) is 45.0 Å². The highest BCUT2D eigenvalue weighted by Crippen LogP contribution is 2.29. The van der Waals surface area contributed by atoms with E-state index in [-0.39, 0.29) is 23.8 Å². The molecule has 1 unspecified atom stereocenters. The van der Waals surface area contributed by atoms with Gasteiger partial charge in [-0.05, 0) is 63.6 Å². The quantitative estimate of drug-likeness (QED) is 0.360. The molecule has 1 N–H and O–H groups in total. The van der Waals surface area contributed by atoms with Crippen molar-refractivity contribution in [3.05, 3.63) is 58.3 Å². The highest BCUT2D eigenvalue weighted by atomic mass is 79.9. The number of nitrogens with one attached hydrogen (secondary N) is 1. The van der Waals surface area contributed by atoms with Crippen LogP contribution in [-0.4, -0.2) is 33.5 Å². The predicted octanol–water partition coefficient (Wildman–Crippen LogP) is 5.81. The number of aryl methyl sites for hydroxylation is 1. The molecule has 9 heteroatoms. The van der Waals surface area contributed by atoms with Gasteiger partial charge in [0.2, 0.25) is 5.91 Å². The first-order valence-corrected chi connectivity index (χ1v) is 12.0. The highest BCUT2D eigenvalue weighted by Gasteiger charge is 2.22. The van der Waals surface area contributed by atoms with Crippen LogP contribution in [0.4, 0.5) is 5.69 Å². The molecule has 0 aliphatic carbocycles. The highest BCUT2D eigenvalue weighted by molar-refractivity contribution is 9.10. The number of ether oxygens (including phenoxy) is 2. The third kappa shape index (κ3) is 6.04. The van der Waals surface area contributed by atoms with Crippen LogP contribution in [0.3, 0.4) is 0 Å². The summed E-state index contributed by atoms with van der Waals surface area (Å²) in [5.41, 5.74) is 1.83. The zero-order valence-corrected chi connectivity index (χ0v) is 21.2. The van der Waals surface area contributed by atoms with Gasteiger partial charge in [-0.3, -0.25) is 4.79 Å². The van der Waals surface area contributed by atoms with Crippen molar-refractivity contribution < 1.29 is 14.3 Å². The number of benzene rings is 2. The van der Waals surface area contributed by atoms with Crippen LogP contribution in [0.2, 0.25) is 0 Å². The molecule has 32 heavy (non-hydrogen) atoms. The van der Waals surface area contributed by atoms with E-state index in [1.54, 1.807) is 7.11 Å². The molecule has 170 valence electrons. The molecule has 0 aliphatic heterocycles. The zero-order valence-electron chi connectivity index (χ0n) is 18.8. The van der Waals surface area contributed by atoms with Crippen molar-refractivity contribution in [3.8, 4) is 11.5 Å². The van der Waals surface area contributed by atoms with Gasteiger partial charge in [0.05, 0.1) is 12.9 Å². The van der Waals surface area contributed by atoms with Gasteiger partial charge in [0.1, 0.15) is 11.5 Å². The lowest BCUT2D eigenvalue weighted by Gasteiger charge is -2.19. The maximum atomic E-state index is 12.5. The summed E-state index contributed by atoms with van der Waals surface area (Å²) >= 11 is 4.82. The van der Waals surface area contributed by atoms with Gasteiger partial charge in [-0.2, -0.15) is 0 Å². The number of anilines is 1. The van der Waals surface area contributed by atoms with Gasteiger partial charge in [0, 0.05) is 22.3 Å². The number of nitrogens with zero attached hydrogens (tertiary/aromatic N) is 3. The van der Waals surface area contributed by atoms with Crippen molar-refractivity contribution in [2.24, 2.45) is 0 Å². The van der Waals surface area contributed by atoms with E-state index in [1.807, 2.05) is 60.9 Å². The van der Waals surface area contributed by atoms with Crippen LogP contribution >= 0.6 is 27.7 Å². The number of hydrogen-bond donors (Lipinski definition) is 1. The minimum Gasteiger partial charge on any atom is -0.497 e. The van der Waals surface area contributed by atoms with Gasteiger partial charge >= 0.3 is 0 Å². The fourth-order valence-corrected chi connectivity index (χ4v) is 4.25. The summed E-state index contributed by atoms with van der Waals surface area (Å²) in [5, 5.41) is 12.3. The van der Waals surface area contributed by atoms with E-state index in [4.69, 9.17) is 9.47 Å². The van der Waals surface area contributed by atoms with Crippen molar-refractivity contribution in [1.29, 1.82) is 0 Å². The van der Waals surface area contributed by atoms with E-state index in [2.05, 4.69) is 45.3 Å². The first-order chi connectivity index (χ1) is 15.3. The summed E-state index contributed by atoms with van der Waals surface area (Å²) in [6, 6.07) is 13.3. The third-order valence-corrected chi connectivity index (χ3v) is 6.53. The minimum absolute atomic E-state index is 0.0998. The summed E-state index contributed by atoms with van der Waals surface area (Å²) in [6.07, 6.45) is -0.328. The van der Waals surface area contributed by atoms with Crippen molar-refractivity contribution in [3.63, 3.8) is 0 Å². The molecule has 1 atom stereocenters. The molecule has 2 aromatic carbocycles. The predicted molar refractivity (Wildman–Crippen MR) is 131 cm³/mol. The third-order valence-electron chi connectivity index (χ3n) is 4.70. The average Bonchev–Trinajstić information content (AvgIpc) is 3.19. The number of thioether (sulfide) groups is 1. The van der Waals surface area contributed by atoms with Crippen LogP contribution in [-0.2, 0) is 4.79 Å². The number of aromatic nitrogens is 3. The van der Waals surface area contributed by atoms with Crippen molar-refractivity contribution >= 4 is 39.3 Å². The van der Waals surface area contributed by atoms with Crippen molar-refractivity contribution in [1.82, 2.24) is 14.8 Å². The molecule has 0 bridgehead atoms. The van der Waals surface area contributed by atoms with Crippen LogP contribution in [0.25, 0.3) is 0 Å². The minimum atomic E-state index is -0.328. The molecular weight excluding hydrogens is 492 g/mol. The Morgan fingerprint density at radius 1 is 1.16 bits per heavy atom. The number of amides is 1. The largest absolute Gasteiger partial charge is 0.497 e. The Balaban J connectivity index is 1.68. The summed E-state index contributed by atoms with van der Waals surface area (Å²) in [5.74, 6) is 2.24. The Kier molecular flexibility index (Phi) is 8.20. The van der Waals surface area contributed by atoms with E-state index in [1.165, 1.54) is 11.8 Å². The van der Waals surface area contributed by atoms with Crippen LogP contribution < -0.4 is 14.8 Å². The molecule has 0 saturated heterocycles. The molecule has 7 nitrogen and oxygen atoms in total. The number of hydrogen-bond acceptors (Lipinski definition) is 6. The number of halogens is 1. The van der Waals surface area contributed by atoms with Gasteiger partial charge < -0.3 is 19.4 Å². The average molecular weight is 519 g/mol. The monoisotopic (exact) mass is 518 g/mol. The number of carbonyl (C=O) groups excluding carboxylic acids is 1. The maximum absolute atomic E-state index is 12.5. The summed E-state index contributed by atoms with van der Waals surface area (Å²) in [7, 11) is 1.62. The Labute approximate surface area is 201 Å². The fourth-order valence-electron chi connectivity index (χ4n) is 3.13. The van der Waals surface area contributed by atoms with E-state index >= 15 is 0 Å². The van der Waals surface area contributed by atoms with Gasteiger partial charge in [-0.15, -0.1) is 10.2 Å². The second-order valence-electron chi connectivity index (χ2n) is 7.54. The van der Waals surface area contributed by atoms with E-state index in [9.17, 15) is 4.79 Å². The smallest absolute Gasteiger partial charge is 0.234 e. The number of carbonyl (C=O) groups is 1. The first kappa shape index (κ1) is 24.1. The molecule has 0 fully saturated rings. The molecule has 3 rings (SSSR count). The molecule has 1 aromatic heterocycles. The Morgan fingerprint density at radius 3 is 2.59 bits per heavy atom. The van der Waals surface area contributed by atoms with E-state index in [0.29, 0.717) is 16.7 Å². The molecule has 0 radical (unpaired) electrons. The molecule has 0 aliphatic rings. The molecule has 0 saturated carbocycles. The fraction of sp³-hybridized carbons (Fsp3) is 0.348. The zero-order chi connectivity index (χ0) is 23.3. The van der Waals surface area contributed by atoms with Crippen LogP contribution in [0, 0.1) is 6.92 Å². The molecule has 1 amide bonds. The summed E-state index contributed by atoms with van der Waals surface area (Å²) in [4.78, 5) is 12.5. The Morgan fingerprint density at radius 2 is 1.91 bits per heavy atom. The lowest BCUT2D eigenvalue weighted by atomic mass is 10.2. The second-order valence-corrected chi connectivity index (χ2v) is 9.34. The topological polar surface area (TPSA) is 78.3 Å². The second kappa shape index (κ2) is 10.9. The van der Waals surface area contributed by atoms with E-state index < -0.39 is 0 Å². The van der Waals surface area contributed by atoms with Crippen molar-refractivity contribution in [2.75, 3.05) is 18.2 Å². The first-order valence-electron chi connectivity index (χ1n) is 10.2. The lowest BCUT2D eigenvalue weighted by molar-refractivity contribution is -0.113. The lowest BCUT2D eigenvalue weighted by Crippen LogP contribution is -2.16. The maximum Gasteiger partial charge on any atom is 0.234 e. The summed E-state index contributed by atoms with van der Waals surface area (Å²) < 4.78 is 14.4. The van der Waals surface area contributed by atoms with Gasteiger partial charge in [0.25, 0.3) is 0 Å². The standard InChI is InChI=1S/C23H27BrN4O3S/c1-14(2)28-22(16(4)31-19-8-6-7-18(12-19)30-5)26-27-23(28)32-13-21(29)25-17-9-10-20(24)15(3)11-17/h6-12,14,16H,13H2,1-5H3,(H,25,29). The molecular formula is C23H27BrN4O3S. The summed E-state index contributed by atoms with van der Waals surface area (Å²) in [6.45, 7) is 8.02. The molecule has 1 heterocycles. The number of rotatable bonds is 9. The van der Waals surface area contributed by atoms with Crippen LogP contribution in [0.1, 0.15) is 44.3 Å². The van der Waals surface area contributed by atoms with Gasteiger partial charge in [-0.1, -0.05) is 33.8 Å². The molecule has 3 aromatic rings. The SMILES string of the molecule is COc1cccc(OC(C)c2nnc(SCC(=O)Nc3ccc(Br)c(C)c3)n2C(C)C)c1. The Hall–Kier alpha value is -2.52. The van der Waals surface area contributed by atoms with Gasteiger partial charge in [0.15, 0.2) is 17.1 Å². The van der Waals surface area contributed by atoms with Gasteiger partial charge in [-0.25, -0.2) is 0 Å². The van der Waals surface area contributed by atoms with Crippen LogP contribution in [0.5, 0.6) is 11.5 Å².